The molecule has 4 heteroatoms. The van der Waals surface area contributed by atoms with E-state index >= 15 is 0 Å². The molecule has 2 saturated carbocycles. The maximum atomic E-state index is 11.8. The fourth-order valence-corrected chi connectivity index (χ4v) is 2.53. The van der Waals surface area contributed by atoms with Gasteiger partial charge in [0.05, 0.1) is 19.3 Å². The molecule has 0 aromatic carbocycles. The van der Waals surface area contributed by atoms with Crippen molar-refractivity contribution in [2.75, 3.05) is 26.3 Å². The predicted octanol–water partition coefficient (Wildman–Crippen LogP) is 2.42. The van der Waals surface area contributed by atoms with Crippen LogP contribution in [0.3, 0.4) is 0 Å². The number of rotatable bonds is 5. The Balaban J connectivity index is 1.33. The highest BCUT2D eigenvalue weighted by atomic mass is 16.6. The van der Waals surface area contributed by atoms with Crippen LogP contribution in [0.4, 0.5) is 4.79 Å². The summed E-state index contributed by atoms with van der Waals surface area (Å²) in [5, 5.41) is 0. The van der Waals surface area contributed by atoms with Gasteiger partial charge in [0.25, 0.3) is 0 Å². The summed E-state index contributed by atoms with van der Waals surface area (Å²) in [7, 11) is 0. The van der Waals surface area contributed by atoms with E-state index in [2.05, 4.69) is 0 Å². The van der Waals surface area contributed by atoms with E-state index in [1.807, 2.05) is 0 Å². The van der Waals surface area contributed by atoms with Gasteiger partial charge in [-0.2, -0.15) is 0 Å². The van der Waals surface area contributed by atoms with Crippen LogP contribution in [0.15, 0.2) is 0 Å². The molecule has 0 aromatic rings. The molecule has 0 bridgehead atoms. The Hall–Kier alpha value is -0.770. The lowest BCUT2D eigenvalue weighted by Gasteiger charge is -2.26. The first-order valence-electron chi connectivity index (χ1n) is 7.34. The molecule has 2 aliphatic carbocycles. The van der Waals surface area contributed by atoms with Crippen LogP contribution < -0.4 is 0 Å². The maximum absolute atomic E-state index is 11.8. The van der Waals surface area contributed by atoms with Gasteiger partial charge in [0.2, 0.25) is 0 Å². The lowest BCUT2D eigenvalue weighted by Crippen LogP contribution is -2.32. The van der Waals surface area contributed by atoms with Crippen molar-refractivity contribution in [2.24, 2.45) is 11.8 Å². The lowest BCUT2D eigenvalue weighted by atomic mass is 9.86. The summed E-state index contributed by atoms with van der Waals surface area (Å²) in [5.41, 5.74) is 0. The van der Waals surface area contributed by atoms with Gasteiger partial charge in [-0.25, -0.2) is 4.79 Å². The van der Waals surface area contributed by atoms with Gasteiger partial charge in [-0.1, -0.05) is 6.42 Å². The van der Waals surface area contributed by atoms with Gasteiger partial charge < -0.3 is 14.4 Å². The van der Waals surface area contributed by atoms with Crippen LogP contribution in [-0.4, -0.2) is 43.4 Å². The number of carbonyl (C=O) groups excluding carboxylic acids is 1. The van der Waals surface area contributed by atoms with E-state index in [-0.39, 0.29) is 12.2 Å². The zero-order chi connectivity index (χ0) is 12.4. The Morgan fingerprint density at radius 1 is 1.06 bits per heavy atom. The predicted molar refractivity (Wildman–Crippen MR) is 67.3 cm³/mol. The first-order chi connectivity index (χ1) is 8.81. The molecule has 0 radical (unpaired) electrons. The van der Waals surface area contributed by atoms with Gasteiger partial charge in [0.15, 0.2) is 0 Å². The second-order valence-electron chi connectivity index (χ2n) is 6.01. The number of likely N-dealkylation sites (tertiary alicyclic amines) is 1. The van der Waals surface area contributed by atoms with Crippen LogP contribution in [-0.2, 0) is 9.47 Å². The summed E-state index contributed by atoms with van der Waals surface area (Å²) in [6.07, 6.45) is 7.44. The van der Waals surface area contributed by atoms with Crippen molar-refractivity contribution < 1.29 is 14.3 Å². The maximum Gasteiger partial charge on any atom is 0.409 e. The van der Waals surface area contributed by atoms with Gasteiger partial charge in [0, 0.05) is 13.2 Å². The summed E-state index contributed by atoms with van der Waals surface area (Å²) in [6, 6.07) is 0. The normalized spacial score (nSPS) is 28.2. The van der Waals surface area contributed by atoms with Crippen molar-refractivity contribution in [1.29, 1.82) is 0 Å². The van der Waals surface area contributed by atoms with Gasteiger partial charge in [-0.05, 0) is 43.9 Å². The molecule has 3 aliphatic rings. The Morgan fingerprint density at radius 3 is 2.50 bits per heavy atom. The Kier molecular flexibility index (Phi) is 3.73. The van der Waals surface area contributed by atoms with E-state index in [0.717, 1.165) is 32.0 Å². The van der Waals surface area contributed by atoms with E-state index < -0.39 is 0 Å². The van der Waals surface area contributed by atoms with Gasteiger partial charge >= 0.3 is 6.09 Å². The summed E-state index contributed by atoms with van der Waals surface area (Å²) < 4.78 is 11.2. The molecule has 0 unspecified atom stereocenters. The van der Waals surface area contributed by atoms with Crippen molar-refractivity contribution in [3.05, 3.63) is 0 Å². The van der Waals surface area contributed by atoms with Gasteiger partial charge in [0.1, 0.15) is 0 Å². The monoisotopic (exact) mass is 253 g/mol. The molecule has 4 nitrogen and oxygen atoms in total. The molecule has 0 spiro atoms. The largest absolute Gasteiger partial charge is 0.449 e. The molecule has 1 aliphatic heterocycles. The molecule has 3 rings (SSSR count). The topological polar surface area (TPSA) is 38.8 Å². The van der Waals surface area contributed by atoms with Crippen molar-refractivity contribution in [1.82, 2.24) is 4.90 Å². The SMILES string of the molecule is O=C(OCC1CCC1)N1CC[C@@H](OCC2CC2)C1. The molecule has 3 fully saturated rings. The Labute approximate surface area is 109 Å². The fraction of sp³-hybridized carbons (Fsp3) is 0.929. The van der Waals surface area contributed by atoms with E-state index in [1.54, 1.807) is 4.90 Å². The number of ether oxygens (including phenoxy) is 2. The molecular formula is C14H23NO3. The van der Waals surface area contributed by atoms with Crippen LogP contribution >= 0.6 is 0 Å². The van der Waals surface area contributed by atoms with E-state index in [0.29, 0.717) is 12.5 Å². The van der Waals surface area contributed by atoms with Gasteiger partial charge in [-0.3, -0.25) is 0 Å². The summed E-state index contributed by atoms with van der Waals surface area (Å²) in [5.74, 6) is 1.42. The summed E-state index contributed by atoms with van der Waals surface area (Å²) in [4.78, 5) is 13.6. The summed E-state index contributed by atoms with van der Waals surface area (Å²) in [6.45, 7) is 3.01. The number of amides is 1. The third-order valence-corrected chi connectivity index (χ3v) is 4.34. The third-order valence-electron chi connectivity index (χ3n) is 4.34. The molecule has 18 heavy (non-hydrogen) atoms. The van der Waals surface area contributed by atoms with Crippen LogP contribution in [0.5, 0.6) is 0 Å². The average Bonchev–Trinajstić information content (AvgIpc) is 3.01. The molecule has 1 saturated heterocycles. The van der Waals surface area contributed by atoms with E-state index in [9.17, 15) is 4.79 Å². The average molecular weight is 253 g/mol. The van der Waals surface area contributed by atoms with Gasteiger partial charge in [-0.15, -0.1) is 0 Å². The fourth-order valence-electron chi connectivity index (χ4n) is 2.53. The highest BCUT2D eigenvalue weighted by Crippen LogP contribution is 2.30. The van der Waals surface area contributed by atoms with Crippen molar-refractivity contribution in [3.63, 3.8) is 0 Å². The Morgan fingerprint density at radius 2 is 1.83 bits per heavy atom. The standard InChI is InChI=1S/C14H23NO3/c16-14(18-10-11-2-1-3-11)15-7-6-13(8-15)17-9-12-4-5-12/h11-13H,1-10H2/t13-/m1/s1. The molecule has 1 atom stereocenters. The van der Waals surface area contributed by atoms with Crippen LogP contribution in [0, 0.1) is 11.8 Å². The second-order valence-corrected chi connectivity index (χ2v) is 6.01. The summed E-state index contributed by atoms with van der Waals surface area (Å²) >= 11 is 0. The van der Waals surface area contributed by atoms with Crippen LogP contribution in [0.1, 0.15) is 38.5 Å². The number of hydrogen-bond acceptors (Lipinski definition) is 3. The van der Waals surface area contributed by atoms with Crippen LogP contribution in [0.25, 0.3) is 0 Å². The minimum atomic E-state index is -0.139. The molecule has 0 aromatic heterocycles. The number of nitrogens with zero attached hydrogens (tertiary/aromatic N) is 1. The van der Waals surface area contributed by atoms with Crippen molar-refractivity contribution in [3.8, 4) is 0 Å². The highest BCUT2D eigenvalue weighted by Gasteiger charge is 2.30. The molecule has 102 valence electrons. The Bertz CT molecular complexity index is 299. The zero-order valence-electron chi connectivity index (χ0n) is 11.0. The minimum absolute atomic E-state index is 0.139. The van der Waals surface area contributed by atoms with Crippen molar-refractivity contribution in [2.45, 2.75) is 44.6 Å². The molecule has 1 amide bonds. The number of carbonyl (C=O) groups is 1. The quantitative estimate of drug-likeness (QED) is 0.755. The highest BCUT2D eigenvalue weighted by molar-refractivity contribution is 5.68. The second kappa shape index (κ2) is 5.47. The van der Waals surface area contributed by atoms with Crippen molar-refractivity contribution >= 4 is 6.09 Å². The first kappa shape index (κ1) is 12.3. The van der Waals surface area contributed by atoms with E-state index in [4.69, 9.17) is 9.47 Å². The molecule has 0 N–H and O–H groups in total. The molecule has 1 heterocycles. The third kappa shape index (κ3) is 3.16. The van der Waals surface area contributed by atoms with E-state index in [1.165, 1.54) is 32.1 Å². The minimum Gasteiger partial charge on any atom is -0.449 e. The first-order valence-corrected chi connectivity index (χ1v) is 7.34. The smallest absolute Gasteiger partial charge is 0.409 e. The number of hydrogen-bond donors (Lipinski definition) is 0. The molecular weight excluding hydrogens is 230 g/mol. The van der Waals surface area contributed by atoms with Crippen LogP contribution in [0.2, 0.25) is 0 Å². The lowest BCUT2D eigenvalue weighted by molar-refractivity contribution is 0.0443. The zero-order valence-corrected chi connectivity index (χ0v) is 11.0.